The molecule has 0 aromatic carbocycles. The minimum atomic E-state index is -0.495. The van der Waals surface area contributed by atoms with E-state index in [-0.39, 0.29) is 23.5 Å². The summed E-state index contributed by atoms with van der Waals surface area (Å²) in [7, 11) is 0. The maximum Gasteiger partial charge on any atom is 0.133 e. The first kappa shape index (κ1) is 7.92. The van der Waals surface area contributed by atoms with Gasteiger partial charge in [0.1, 0.15) is 12.1 Å². The highest BCUT2D eigenvalue weighted by molar-refractivity contribution is 5.82. The number of aliphatic hydroxyl groups excluding tert-OH is 1. The number of Topliss-reactive ketones (excluding diaryl/α,β-unsaturated/α-hetero) is 1. The first-order valence-corrected chi connectivity index (χ1v) is 4.37. The van der Waals surface area contributed by atoms with Crippen molar-refractivity contribution in [1.82, 2.24) is 0 Å². The van der Waals surface area contributed by atoms with E-state index in [2.05, 4.69) is 0 Å². The molecule has 0 aromatic heterocycles. The molecule has 0 saturated heterocycles. The molecule has 66 valence electrons. The molecular weight excluding hydrogens is 156 g/mol. The van der Waals surface area contributed by atoms with Gasteiger partial charge in [-0.1, -0.05) is 0 Å². The predicted molar refractivity (Wildman–Crippen MR) is 41.4 cm³/mol. The summed E-state index contributed by atoms with van der Waals surface area (Å²) in [4.78, 5) is 21.6. The number of hydrogen-bond donors (Lipinski definition) is 1. The van der Waals surface area contributed by atoms with Gasteiger partial charge in [-0.3, -0.25) is 4.79 Å². The summed E-state index contributed by atoms with van der Waals surface area (Å²) < 4.78 is 0. The van der Waals surface area contributed by atoms with Gasteiger partial charge in [0, 0.05) is 18.8 Å². The lowest BCUT2D eigenvalue weighted by Crippen LogP contribution is -2.20. The Morgan fingerprint density at radius 3 is 2.83 bits per heavy atom. The molecule has 0 spiro atoms. The molecule has 0 aromatic rings. The minimum Gasteiger partial charge on any atom is -0.392 e. The number of aliphatic hydroxyl groups is 1. The average Bonchev–Trinajstić information content (AvgIpc) is 2.43. The lowest BCUT2D eigenvalue weighted by atomic mass is 9.93. The zero-order chi connectivity index (χ0) is 8.72. The molecule has 3 nitrogen and oxygen atoms in total. The van der Waals surface area contributed by atoms with E-state index in [9.17, 15) is 14.7 Å². The summed E-state index contributed by atoms with van der Waals surface area (Å²) in [5, 5.41) is 9.44. The quantitative estimate of drug-likeness (QED) is 0.567. The number of carbonyl (C=O) groups is 2. The molecule has 0 radical (unpaired) electrons. The molecule has 4 atom stereocenters. The molecule has 2 saturated carbocycles. The zero-order valence-corrected chi connectivity index (χ0v) is 6.77. The van der Waals surface area contributed by atoms with Gasteiger partial charge in [-0.15, -0.1) is 0 Å². The largest absolute Gasteiger partial charge is 0.392 e. The second kappa shape index (κ2) is 2.66. The number of fused-ring (bicyclic) bond motifs is 1. The molecule has 2 aliphatic rings. The van der Waals surface area contributed by atoms with Crippen molar-refractivity contribution in [3.8, 4) is 0 Å². The fraction of sp³-hybridized carbons (Fsp3) is 0.778. The van der Waals surface area contributed by atoms with Crippen LogP contribution in [0.3, 0.4) is 0 Å². The molecule has 0 bridgehead atoms. The molecule has 1 N–H and O–H groups in total. The highest BCUT2D eigenvalue weighted by atomic mass is 16.3. The summed E-state index contributed by atoms with van der Waals surface area (Å²) in [6.07, 6.45) is 2.04. The Labute approximate surface area is 70.8 Å². The van der Waals surface area contributed by atoms with Crippen LogP contribution in [-0.4, -0.2) is 23.3 Å². The standard InChI is InChI=1S/C9H12O3/c10-4-8-7-3-6(11)1-5(7)2-9(8)12/h4-5,7-9,12H,1-3H2. The Bertz CT molecular complexity index is 224. The Balaban J connectivity index is 2.16. The highest BCUT2D eigenvalue weighted by Crippen LogP contribution is 2.45. The fourth-order valence-electron chi connectivity index (χ4n) is 2.61. The Hall–Kier alpha value is -0.700. The van der Waals surface area contributed by atoms with Crippen LogP contribution in [0.25, 0.3) is 0 Å². The van der Waals surface area contributed by atoms with Crippen LogP contribution in [0, 0.1) is 17.8 Å². The van der Waals surface area contributed by atoms with Gasteiger partial charge >= 0.3 is 0 Å². The Morgan fingerprint density at radius 1 is 1.42 bits per heavy atom. The average molecular weight is 168 g/mol. The second-order valence-corrected chi connectivity index (χ2v) is 3.89. The van der Waals surface area contributed by atoms with Crippen LogP contribution in [0.2, 0.25) is 0 Å². The van der Waals surface area contributed by atoms with Crippen molar-refractivity contribution in [3.63, 3.8) is 0 Å². The molecule has 0 aliphatic heterocycles. The Morgan fingerprint density at radius 2 is 2.17 bits per heavy atom. The normalized spacial score (nSPS) is 46.2. The second-order valence-electron chi connectivity index (χ2n) is 3.89. The fourth-order valence-corrected chi connectivity index (χ4v) is 2.61. The summed E-state index contributed by atoms with van der Waals surface area (Å²) >= 11 is 0. The Kier molecular flexibility index (Phi) is 1.76. The van der Waals surface area contributed by atoms with E-state index in [0.29, 0.717) is 19.3 Å². The van der Waals surface area contributed by atoms with Gasteiger partial charge in [-0.25, -0.2) is 0 Å². The van der Waals surface area contributed by atoms with Crippen molar-refractivity contribution in [2.75, 3.05) is 0 Å². The van der Waals surface area contributed by atoms with Crippen LogP contribution in [-0.2, 0) is 9.59 Å². The summed E-state index contributed by atoms with van der Waals surface area (Å²) in [5.74, 6) is 0.401. The minimum absolute atomic E-state index is 0.144. The van der Waals surface area contributed by atoms with Crippen molar-refractivity contribution >= 4 is 12.1 Å². The van der Waals surface area contributed by atoms with E-state index < -0.39 is 6.10 Å². The van der Waals surface area contributed by atoms with Crippen LogP contribution in [0.1, 0.15) is 19.3 Å². The predicted octanol–water partition coefficient (Wildman–Crippen LogP) is 0.161. The van der Waals surface area contributed by atoms with Crippen LogP contribution in [0.15, 0.2) is 0 Å². The van der Waals surface area contributed by atoms with Crippen molar-refractivity contribution in [2.45, 2.75) is 25.4 Å². The molecule has 0 heterocycles. The summed E-state index contributed by atoms with van der Waals surface area (Å²) in [6, 6.07) is 0. The molecule has 4 unspecified atom stereocenters. The molecule has 2 fully saturated rings. The number of rotatable bonds is 1. The topological polar surface area (TPSA) is 54.4 Å². The van der Waals surface area contributed by atoms with Gasteiger partial charge in [0.15, 0.2) is 0 Å². The van der Waals surface area contributed by atoms with Crippen LogP contribution in [0.5, 0.6) is 0 Å². The third kappa shape index (κ3) is 1.00. The third-order valence-corrected chi connectivity index (χ3v) is 3.20. The van der Waals surface area contributed by atoms with E-state index in [1.807, 2.05) is 0 Å². The first-order chi connectivity index (χ1) is 5.72. The van der Waals surface area contributed by atoms with Crippen molar-refractivity contribution < 1.29 is 14.7 Å². The van der Waals surface area contributed by atoms with Gasteiger partial charge in [-0.2, -0.15) is 0 Å². The van der Waals surface area contributed by atoms with Crippen molar-refractivity contribution in [1.29, 1.82) is 0 Å². The maximum absolute atomic E-state index is 11.0. The van der Waals surface area contributed by atoms with Gasteiger partial charge in [0.05, 0.1) is 6.10 Å². The zero-order valence-electron chi connectivity index (χ0n) is 6.77. The summed E-state index contributed by atoms with van der Waals surface area (Å²) in [6.45, 7) is 0. The van der Waals surface area contributed by atoms with Gasteiger partial charge in [-0.05, 0) is 18.3 Å². The SMILES string of the molecule is O=CC1C(O)CC2CC(=O)CC21. The molecule has 2 rings (SSSR count). The van der Waals surface area contributed by atoms with E-state index in [1.165, 1.54) is 0 Å². The van der Waals surface area contributed by atoms with Gasteiger partial charge in [0.2, 0.25) is 0 Å². The monoisotopic (exact) mass is 168 g/mol. The lowest BCUT2D eigenvalue weighted by molar-refractivity contribution is -0.118. The molecule has 3 heteroatoms. The molecule has 12 heavy (non-hydrogen) atoms. The van der Waals surface area contributed by atoms with Crippen molar-refractivity contribution in [3.05, 3.63) is 0 Å². The number of carbonyl (C=O) groups excluding carboxylic acids is 2. The van der Waals surface area contributed by atoms with Gasteiger partial charge in [0.25, 0.3) is 0 Å². The lowest BCUT2D eigenvalue weighted by Gasteiger charge is -2.12. The van der Waals surface area contributed by atoms with Crippen LogP contribution < -0.4 is 0 Å². The van der Waals surface area contributed by atoms with E-state index in [1.54, 1.807) is 0 Å². The number of aldehydes is 1. The highest BCUT2D eigenvalue weighted by Gasteiger charge is 2.47. The third-order valence-electron chi connectivity index (χ3n) is 3.20. The van der Waals surface area contributed by atoms with Crippen LogP contribution in [0.4, 0.5) is 0 Å². The molecule has 0 amide bonds. The number of hydrogen-bond acceptors (Lipinski definition) is 3. The molecule has 2 aliphatic carbocycles. The van der Waals surface area contributed by atoms with E-state index in [4.69, 9.17) is 0 Å². The smallest absolute Gasteiger partial charge is 0.133 e. The molecular formula is C9H12O3. The summed E-state index contributed by atoms with van der Waals surface area (Å²) in [5.41, 5.74) is 0. The van der Waals surface area contributed by atoms with Crippen molar-refractivity contribution in [2.24, 2.45) is 17.8 Å². The van der Waals surface area contributed by atoms with E-state index in [0.717, 1.165) is 6.29 Å². The first-order valence-electron chi connectivity index (χ1n) is 4.37. The maximum atomic E-state index is 11.0. The van der Waals surface area contributed by atoms with E-state index >= 15 is 0 Å². The number of ketones is 1. The van der Waals surface area contributed by atoms with Crippen LogP contribution >= 0.6 is 0 Å². The van der Waals surface area contributed by atoms with Gasteiger partial charge < -0.3 is 9.90 Å².